The van der Waals surface area contributed by atoms with E-state index in [1.165, 1.54) is 6.07 Å². The lowest BCUT2D eigenvalue weighted by Crippen LogP contribution is -2.17. The fourth-order valence-electron chi connectivity index (χ4n) is 2.46. The van der Waals surface area contributed by atoms with E-state index in [1.54, 1.807) is 12.1 Å². The van der Waals surface area contributed by atoms with Gasteiger partial charge in [0, 0.05) is 5.56 Å². The molecule has 0 aliphatic heterocycles. The molecule has 2 aromatic carbocycles. The Labute approximate surface area is 120 Å². The third kappa shape index (κ3) is 2.91. The van der Waals surface area contributed by atoms with Crippen LogP contribution < -0.4 is 0 Å². The number of rotatable bonds is 2. The van der Waals surface area contributed by atoms with Gasteiger partial charge in [0.2, 0.25) is 0 Å². The number of hydrogen-bond donors (Lipinski definition) is 1. The second-order valence-electron chi connectivity index (χ2n) is 6.26. The minimum absolute atomic E-state index is 0.0993. The summed E-state index contributed by atoms with van der Waals surface area (Å²) in [4.78, 5) is 0. The first-order valence-corrected chi connectivity index (χ1v) is 6.84. The van der Waals surface area contributed by atoms with Gasteiger partial charge in [0.05, 0.1) is 0 Å². The summed E-state index contributed by atoms with van der Waals surface area (Å²) in [5, 5.41) is 10.6. The number of aryl methyl sites for hydroxylation is 1. The van der Waals surface area contributed by atoms with Crippen LogP contribution in [0.5, 0.6) is 0 Å². The van der Waals surface area contributed by atoms with Gasteiger partial charge in [0.25, 0.3) is 0 Å². The van der Waals surface area contributed by atoms with Crippen LogP contribution in [-0.2, 0) is 5.41 Å². The normalized spacial score (nSPS) is 13.3. The van der Waals surface area contributed by atoms with Crippen molar-refractivity contribution in [3.63, 3.8) is 0 Å². The Bertz CT molecular complexity index is 611. The smallest absolute Gasteiger partial charge is 0.129 e. The van der Waals surface area contributed by atoms with Crippen LogP contribution in [0.2, 0.25) is 0 Å². The molecular weight excluding hydrogens is 251 g/mol. The predicted octanol–water partition coefficient (Wildman–Crippen LogP) is 4.51. The van der Waals surface area contributed by atoms with Crippen LogP contribution in [0.4, 0.5) is 4.39 Å². The Balaban J connectivity index is 2.54. The van der Waals surface area contributed by atoms with E-state index < -0.39 is 6.10 Å². The Morgan fingerprint density at radius 1 is 1.00 bits per heavy atom. The SMILES string of the molecule is Cc1ccc(F)c(C(O)c2ccccc2C(C)(C)C)c1. The van der Waals surface area contributed by atoms with Gasteiger partial charge >= 0.3 is 0 Å². The van der Waals surface area contributed by atoms with E-state index in [-0.39, 0.29) is 11.2 Å². The van der Waals surface area contributed by atoms with E-state index in [2.05, 4.69) is 20.8 Å². The van der Waals surface area contributed by atoms with Gasteiger partial charge in [-0.25, -0.2) is 4.39 Å². The second kappa shape index (κ2) is 5.37. The molecule has 1 atom stereocenters. The van der Waals surface area contributed by atoms with Gasteiger partial charge in [-0.1, -0.05) is 62.7 Å². The standard InChI is InChI=1S/C18H21FO/c1-12-9-10-16(19)14(11-12)17(20)13-7-5-6-8-15(13)18(2,3)4/h5-11,17,20H,1-4H3. The monoisotopic (exact) mass is 272 g/mol. The van der Waals surface area contributed by atoms with Gasteiger partial charge in [-0.2, -0.15) is 0 Å². The van der Waals surface area contributed by atoms with Gasteiger partial charge in [-0.05, 0) is 29.5 Å². The summed E-state index contributed by atoms with van der Waals surface area (Å²) in [5.41, 5.74) is 2.98. The van der Waals surface area contributed by atoms with Crippen molar-refractivity contribution in [1.29, 1.82) is 0 Å². The number of aliphatic hydroxyl groups is 1. The number of hydrogen-bond acceptors (Lipinski definition) is 1. The molecule has 0 saturated carbocycles. The van der Waals surface area contributed by atoms with Crippen LogP contribution in [0.3, 0.4) is 0 Å². The average molecular weight is 272 g/mol. The number of benzene rings is 2. The van der Waals surface area contributed by atoms with Crippen molar-refractivity contribution in [2.45, 2.75) is 39.2 Å². The molecule has 0 spiro atoms. The maximum absolute atomic E-state index is 14.0. The largest absolute Gasteiger partial charge is 0.384 e. The van der Waals surface area contributed by atoms with Gasteiger partial charge in [-0.15, -0.1) is 0 Å². The Morgan fingerprint density at radius 3 is 2.30 bits per heavy atom. The first-order chi connectivity index (χ1) is 9.30. The fraction of sp³-hybridized carbons (Fsp3) is 0.333. The highest BCUT2D eigenvalue weighted by Gasteiger charge is 2.23. The minimum atomic E-state index is -0.940. The molecule has 106 valence electrons. The molecule has 0 aromatic heterocycles. The van der Waals surface area contributed by atoms with Crippen LogP contribution in [-0.4, -0.2) is 5.11 Å². The van der Waals surface area contributed by atoms with E-state index >= 15 is 0 Å². The summed E-state index contributed by atoms with van der Waals surface area (Å²) < 4.78 is 14.0. The van der Waals surface area contributed by atoms with Crippen LogP contribution >= 0.6 is 0 Å². The van der Waals surface area contributed by atoms with Crippen molar-refractivity contribution < 1.29 is 9.50 Å². The fourth-order valence-corrected chi connectivity index (χ4v) is 2.46. The molecule has 1 nitrogen and oxygen atoms in total. The first-order valence-electron chi connectivity index (χ1n) is 6.84. The minimum Gasteiger partial charge on any atom is -0.384 e. The van der Waals surface area contributed by atoms with Gasteiger partial charge in [0.1, 0.15) is 11.9 Å². The molecule has 2 heteroatoms. The van der Waals surface area contributed by atoms with Crippen molar-refractivity contribution in [2.75, 3.05) is 0 Å². The molecule has 1 N–H and O–H groups in total. The van der Waals surface area contributed by atoms with Crippen LogP contribution in [0.25, 0.3) is 0 Å². The zero-order valence-electron chi connectivity index (χ0n) is 12.4. The summed E-state index contributed by atoms with van der Waals surface area (Å²) in [6.07, 6.45) is -0.940. The Kier molecular flexibility index (Phi) is 3.96. The lowest BCUT2D eigenvalue weighted by Gasteiger charge is -2.25. The maximum Gasteiger partial charge on any atom is 0.129 e. The van der Waals surface area contributed by atoms with Gasteiger partial charge < -0.3 is 5.11 Å². The molecule has 2 rings (SSSR count). The summed E-state index contributed by atoms with van der Waals surface area (Å²) >= 11 is 0. The maximum atomic E-state index is 14.0. The quantitative estimate of drug-likeness (QED) is 0.852. The zero-order valence-corrected chi connectivity index (χ0v) is 12.4. The lowest BCUT2D eigenvalue weighted by molar-refractivity contribution is 0.212. The molecule has 0 radical (unpaired) electrons. The van der Waals surface area contributed by atoms with Gasteiger partial charge in [-0.3, -0.25) is 0 Å². The molecule has 0 fully saturated rings. The van der Waals surface area contributed by atoms with E-state index in [1.807, 2.05) is 31.2 Å². The third-order valence-electron chi connectivity index (χ3n) is 3.51. The molecule has 1 unspecified atom stereocenters. The highest BCUT2D eigenvalue weighted by Crippen LogP contribution is 2.33. The molecule has 2 aromatic rings. The lowest BCUT2D eigenvalue weighted by atomic mass is 9.81. The van der Waals surface area contributed by atoms with Gasteiger partial charge in [0.15, 0.2) is 0 Å². The molecule has 20 heavy (non-hydrogen) atoms. The molecule has 0 amide bonds. The van der Waals surface area contributed by atoms with Crippen molar-refractivity contribution in [2.24, 2.45) is 0 Å². The summed E-state index contributed by atoms with van der Waals surface area (Å²) in [6.45, 7) is 8.16. The van der Waals surface area contributed by atoms with E-state index in [0.29, 0.717) is 5.56 Å². The second-order valence-corrected chi connectivity index (χ2v) is 6.26. The predicted molar refractivity (Wildman–Crippen MR) is 80.3 cm³/mol. The summed E-state index contributed by atoms with van der Waals surface area (Å²) in [5.74, 6) is -0.369. The number of aliphatic hydroxyl groups excluding tert-OH is 1. The highest BCUT2D eigenvalue weighted by atomic mass is 19.1. The summed E-state index contributed by atoms with van der Waals surface area (Å²) in [6, 6.07) is 12.5. The van der Waals surface area contributed by atoms with Crippen molar-refractivity contribution in [3.05, 3.63) is 70.5 Å². The van der Waals surface area contributed by atoms with Crippen LogP contribution in [0.1, 0.15) is 49.1 Å². The summed E-state index contributed by atoms with van der Waals surface area (Å²) in [7, 11) is 0. The molecule has 0 saturated heterocycles. The third-order valence-corrected chi connectivity index (χ3v) is 3.51. The van der Waals surface area contributed by atoms with Crippen molar-refractivity contribution >= 4 is 0 Å². The molecule has 0 aliphatic carbocycles. The zero-order chi connectivity index (χ0) is 14.9. The molecule has 0 aliphatic rings. The molecule has 0 heterocycles. The Hall–Kier alpha value is -1.67. The van der Waals surface area contributed by atoms with Crippen molar-refractivity contribution in [3.8, 4) is 0 Å². The van der Waals surface area contributed by atoms with Crippen LogP contribution in [0, 0.1) is 12.7 Å². The molecule has 0 bridgehead atoms. The highest BCUT2D eigenvalue weighted by molar-refractivity contribution is 5.40. The molecular formula is C18H21FO. The first kappa shape index (κ1) is 14.7. The average Bonchev–Trinajstić information content (AvgIpc) is 2.40. The van der Waals surface area contributed by atoms with E-state index in [4.69, 9.17) is 0 Å². The van der Waals surface area contributed by atoms with E-state index in [9.17, 15) is 9.50 Å². The number of halogens is 1. The van der Waals surface area contributed by atoms with E-state index in [0.717, 1.165) is 16.7 Å². The van der Waals surface area contributed by atoms with Crippen molar-refractivity contribution in [1.82, 2.24) is 0 Å². The Morgan fingerprint density at radius 2 is 1.65 bits per heavy atom. The van der Waals surface area contributed by atoms with Crippen LogP contribution in [0.15, 0.2) is 42.5 Å². The topological polar surface area (TPSA) is 20.2 Å².